The van der Waals surface area contributed by atoms with Gasteiger partial charge in [0.15, 0.2) is 5.75 Å². The summed E-state index contributed by atoms with van der Waals surface area (Å²) in [5.41, 5.74) is 1.40. The van der Waals surface area contributed by atoms with Crippen molar-refractivity contribution >= 4 is 17.4 Å². The van der Waals surface area contributed by atoms with Gasteiger partial charge in [-0.25, -0.2) is 4.99 Å². The van der Waals surface area contributed by atoms with E-state index in [0.717, 1.165) is 17.7 Å². The molecule has 2 aliphatic rings. The van der Waals surface area contributed by atoms with Crippen LogP contribution in [0, 0.1) is 6.92 Å². The summed E-state index contributed by atoms with van der Waals surface area (Å²) >= 11 is 0. The van der Waals surface area contributed by atoms with Crippen molar-refractivity contribution in [2.45, 2.75) is 13.1 Å². The summed E-state index contributed by atoms with van der Waals surface area (Å²) in [6.45, 7) is 3.60. The Bertz CT molecular complexity index is 1390. The number of methoxy groups -OCH3 is 2. The van der Waals surface area contributed by atoms with Crippen molar-refractivity contribution in [3.8, 4) is 23.0 Å². The van der Waals surface area contributed by atoms with Crippen LogP contribution in [0.5, 0.6) is 23.0 Å². The van der Waals surface area contributed by atoms with Crippen molar-refractivity contribution in [1.82, 2.24) is 9.80 Å². The minimum absolute atomic E-state index is 0.102. The molecule has 1 fully saturated rings. The zero-order valence-corrected chi connectivity index (χ0v) is 21.1. The zero-order chi connectivity index (χ0) is 27.0. The van der Waals surface area contributed by atoms with Crippen LogP contribution in [0.2, 0.25) is 0 Å². The molecule has 0 N–H and O–H groups in total. The van der Waals surface area contributed by atoms with Crippen LogP contribution in [0.1, 0.15) is 27.0 Å². The fourth-order valence-electron chi connectivity index (χ4n) is 4.54. The lowest BCUT2D eigenvalue weighted by Gasteiger charge is -2.36. The molecule has 0 spiro atoms. The molecule has 1 amide bonds. The Morgan fingerprint density at radius 3 is 2.18 bits per heavy atom. The number of benzene rings is 3. The van der Waals surface area contributed by atoms with Crippen molar-refractivity contribution in [2.75, 3.05) is 40.4 Å². The van der Waals surface area contributed by atoms with E-state index in [-0.39, 0.29) is 17.3 Å². The summed E-state index contributed by atoms with van der Waals surface area (Å²) in [6.07, 6.45) is -4.50. The average Bonchev–Trinajstić information content (AvgIpc) is 3.08. The Balaban J connectivity index is 1.44. The van der Waals surface area contributed by atoms with Crippen LogP contribution in [0.4, 0.5) is 18.9 Å². The standard InChI is InChI=1S/C28H26F3N3O4/c1-17-4-6-24-22(12-17)26(32-23-15-19(28(29,30)31)5-7-25(23)38-24)33-8-10-34(11-9-33)27(35)18-13-20(36-2)16-21(14-18)37-3/h4-7,12-16H,8-11H2,1-3H3. The van der Waals surface area contributed by atoms with E-state index in [4.69, 9.17) is 14.2 Å². The fraction of sp³-hybridized carbons (Fsp3) is 0.286. The first-order chi connectivity index (χ1) is 18.2. The quantitative estimate of drug-likeness (QED) is 0.441. The van der Waals surface area contributed by atoms with Gasteiger partial charge in [-0.15, -0.1) is 0 Å². The number of fused-ring (bicyclic) bond motifs is 2. The third-order valence-electron chi connectivity index (χ3n) is 6.57. The van der Waals surface area contributed by atoms with Crippen molar-refractivity contribution in [1.29, 1.82) is 0 Å². The Hall–Kier alpha value is -4.21. The summed E-state index contributed by atoms with van der Waals surface area (Å²) in [6, 6.07) is 13.9. The molecule has 3 aromatic rings. The zero-order valence-electron chi connectivity index (χ0n) is 21.1. The predicted molar refractivity (Wildman–Crippen MR) is 136 cm³/mol. The summed E-state index contributed by atoms with van der Waals surface area (Å²) in [4.78, 5) is 21.6. The van der Waals surface area contributed by atoms with Crippen LogP contribution in [-0.2, 0) is 6.18 Å². The maximum atomic E-state index is 13.4. The molecule has 0 bridgehead atoms. The molecule has 0 aliphatic carbocycles. The summed E-state index contributed by atoms with van der Waals surface area (Å²) < 4.78 is 56.9. The van der Waals surface area contributed by atoms with E-state index in [1.165, 1.54) is 20.3 Å². The summed E-state index contributed by atoms with van der Waals surface area (Å²) in [5, 5.41) is 0. The second-order valence-electron chi connectivity index (χ2n) is 9.10. The molecule has 2 aliphatic heterocycles. The lowest BCUT2D eigenvalue weighted by atomic mass is 10.1. The molecule has 3 aromatic carbocycles. The Morgan fingerprint density at radius 1 is 0.895 bits per heavy atom. The first kappa shape index (κ1) is 25.4. The number of piperazine rings is 1. The average molecular weight is 526 g/mol. The van der Waals surface area contributed by atoms with Crippen molar-refractivity contribution < 1.29 is 32.2 Å². The molecule has 38 heavy (non-hydrogen) atoms. The highest BCUT2D eigenvalue weighted by Crippen LogP contribution is 2.42. The number of aryl methyl sites for hydroxylation is 1. The SMILES string of the molecule is COc1cc(OC)cc(C(=O)N2CCN(C3=Nc4cc(C(F)(F)F)ccc4Oc4ccc(C)cc43)CC2)c1. The third-order valence-corrected chi connectivity index (χ3v) is 6.57. The van der Waals surface area contributed by atoms with Gasteiger partial charge in [0.2, 0.25) is 0 Å². The largest absolute Gasteiger partial charge is 0.497 e. The monoisotopic (exact) mass is 525 g/mol. The number of rotatable bonds is 3. The van der Waals surface area contributed by atoms with Crippen molar-refractivity contribution in [2.24, 2.45) is 4.99 Å². The fourth-order valence-corrected chi connectivity index (χ4v) is 4.54. The molecule has 0 unspecified atom stereocenters. The van der Waals surface area contributed by atoms with E-state index in [9.17, 15) is 18.0 Å². The molecular weight excluding hydrogens is 499 g/mol. The maximum Gasteiger partial charge on any atom is 0.416 e. The van der Waals surface area contributed by atoms with Gasteiger partial charge in [-0.1, -0.05) is 11.6 Å². The minimum atomic E-state index is -4.50. The maximum absolute atomic E-state index is 13.4. The van der Waals surface area contributed by atoms with Crippen LogP contribution >= 0.6 is 0 Å². The Morgan fingerprint density at radius 2 is 1.55 bits per heavy atom. The number of hydrogen-bond acceptors (Lipinski definition) is 6. The topological polar surface area (TPSA) is 63.6 Å². The number of carbonyl (C=O) groups excluding carboxylic acids is 1. The molecule has 0 saturated carbocycles. The molecule has 2 heterocycles. The number of amidine groups is 1. The lowest BCUT2D eigenvalue weighted by molar-refractivity contribution is -0.137. The van der Waals surface area contributed by atoms with Gasteiger partial charge in [-0.3, -0.25) is 4.79 Å². The van der Waals surface area contributed by atoms with Crippen LogP contribution < -0.4 is 14.2 Å². The van der Waals surface area contributed by atoms with Gasteiger partial charge in [0.1, 0.15) is 28.8 Å². The normalized spacial score (nSPS) is 15.1. The van der Waals surface area contributed by atoms with Gasteiger partial charge >= 0.3 is 6.18 Å². The molecule has 198 valence electrons. The van der Waals surface area contributed by atoms with Gasteiger partial charge in [0.25, 0.3) is 5.91 Å². The van der Waals surface area contributed by atoms with Gasteiger partial charge in [-0.05, 0) is 49.4 Å². The molecule has 10 heteroatoms. The van der Waals surface area contributed by atoms with Crippen LogP contribution in [0.15, 0.2) is 59.6 Å². The number of hydrogen-bond donors (Lipinski definition) is 0. The van der Waals surface area contributed by atoms with Crippen LogP contribution in [0.25, 0.3) is 0 Å². The first-order valence-electron chi connectivity index (χ1n) is 12.0. The summed E-state index contributed by atoms with van der Waals surface area (Å²) in [7, 11) is 3.04. The Labute approximate surface area is 218 Å². The first-order valence-corrected chi connectivity index (χ1v) is 12.0. The molecular formula is C28H26F3N3O4. The van der Waals surface area contributed by atoms with Gasteiger partial charge in [0, 0.05) is 37.8 Å². The number of amides is 1. The van der Waals surface area contributed by atoms with Crippen molar-refractivity contribution in [3.05, 3.63) is 76.9 Å². The number of alkyl halides is 3. The molecule has 0 radical (unpaired) electrons. The highest BCUT2D eigenvalue weighted by atomic mass is 19.4. The molecule has 7 nitrogen and oxygen atoms in total. The lowest BCUT2D eigenvalue weighted by Crippen LogP contribution is -2.50. The van der Waals surface area contributed by atoms with E-state index in [0.29, 0.717) is 60.4 Å². The van der Waals surface area contributed by atoms with E-state index in [1.54, 1.807) is 29.2 Å². The van der Waals surface area contributed by atoms with E-state index < -0.39 is 11.7 Å². The second-order valence-corrected chi connectivity index (χ2v) is 9.10. The number of carbonyl (C=O) groups is 1. The molecule has 5 rings (SSSR count). The molecule has 0 aromatic heterocycles. The second kappa shape index (κ2) is 9.92. The molecule has 1 saturated heterocycles. The number of nitrogens with zero attached hydrogens (tertiary/aromatic N) is 3. The predicted octanol–water partition coefficient (Wildman–Crippen LogP) is 5.67. The van der Waals surface area contributed by atoms with Crippen LogP contribution in [0.3, 0.4) is 0 Å². The summed E-state index contributed by atoms with van der Waals surface area (Å²) in [5.74, 6) is 2.14. The highest BCUT2D eigenvalue weighted by molar-refractivity contribution is 6.04. The van der Waals surface area contributed by atoms with Crippen molar-refractivity contribution in [3.63, 3.8) is 0 Å². The molecule has 0 atom stereocenters. The highest BCUT2D eigenvalue weighted by Gasteiger charge is 2.33. The number of halogens is 3. The van der Waals surface area contributed by atoms with Gasteiger partial charge in [0.05, 0.1) is 25.3 Å². The number of ether oxygens (including phenoxy) is 3. The van der Waals surface area contributed by atoms with E-state index in [1.807, 2.05) is 24.0 Å². The third kappa shape index (κ3) is 4.98. The number of aliphatic imine (C=N–C) groups is 1. The smallest absolute Gasteiger partial charge is 0.416 e. The van der Waals surface area contributed by atoms with Gasteiger partial charge in [-0.2, -0.15) is 13.2 Å². The van der Waals surface area contributed by atoms with E-state index >= 15 is 0 Å². The van der Waals surface area contributed by atoms with E-state index in [2.05, 4.69) is 4.99 Å². The Kier molecular flexibility index (Phi) is 6.64. The van der Waals surface area contributed by atoms with Crippen LogP contribution in [-0.4, -0.2) is 61.9 Å². The minimum Gasteiger partial charge on any atom is -0.497 e. The van der Waals surface area contributed by atoms with Gasteiger partial charge < -0.3 is 24.0 Å².